The zero-order chi connectivity index (χ0) is 58.6. The molecule has 0 saturated carbocycles. The van der Waals surface area contributed by atoms with Crippen molar-refractivity contribution in [1.82, 2.24) is 10.2 Å². The van der Waals surface area contributed by atoms with Crippen LogP contribution in [0.2, 0.25) is 0 Å². The number of unbranched alkanes of at least 4 members (excludes halogenated alkanes) is 1. The summed E-state index contributed by atoms with van der Waals surface area (Å²) in [5.41, 5.74) is 9.75. The number of anilines is 5. The summed E-state index contributed by atoms with van der Waals surface area (Å²) in [6.45, 7) is 7.49. The monoisotopic (exact) mass is 1150 g/mol. The van der Waals surface area contributed by atoms with Crippen LogP contribution in [-0.2, 0) is 50.0 Å². The van der Waals surface area contributed by atoms with Crippen LogP contribution >= 0.6 is 11.8 Å². The second kappa shape index (κ2) is 25.3. The maximum Gasteiger partial charge on any atom is 0.260 e. The number of amides is 6. The molecule has 0 aromatic heterocycles. The van der Waals surface area contributed by atoms with Crippen LogP contribution in [-0.4, -0.2) is 117 Å². The smallest absolute Gasteiger partial charge is 0.260 e. The molecule has 5 atom stereocenters. The van der Waals surface area contributed by atoms with Crippen LogP contribution in [0.15, 0.2) is 91.0 Å². The number of methoxy groups -OCH3 is 1. The number of likely N-dealkylation sites (tertiary alicyclic amines) is 1. The zero-order valence-corrected chi connectivity index (χ0v) is 49.4. The summed E-state index contributed by atoms with van der Waals surface area (Å²) in [6.07, 6.45) is 7.08. The van der Waals surface area contributed by atoms with Crippen molar-refractivity contribution in [1.29, 1.82) is 0 Å². The van der Waals surface area contributed by atoms with Crippen molar-refractivity contribution < 1.29 is 47.8 Å². The third kappa shape index (κ3) is 12.7. The first kappa shape index (κ1) is 58.3. The van der Waals surface area contributed by atoms with Gasteiger partial charge in [0.05, 0.1) is 46.9 Å². The summed E-state index contributed by atoms with van der Waals surface area (Å²) in [5, 5.41) is 5.86. The van der Waals surface area contributed by atoms with Gasteiger partial charge in [-0.25, -0.2) is 0 Å². The number of para-hydroxylation sites is 2. The van der Waals surface area contributed by atoms with E-state index in [9.17, 15) is 33.6 Å². The van der Waals surface area contributed by atoms with Crippen molar-refractivity contribution in [3.8, 4) is 17.2 Å². The highest BCUT2D eigenvalue weighted by molar-refractivity contribution is 8.00. The second-order valence-electron chi connectivity index (χ2n) is 23.0. The second-order valence-corrected chi connectivity index (χ2v) is 24.0. The first-order chi connectivity index (χ1) is 40.0. The lowest BCUT2D eigenvalue weighted by Crippen LogP contribution is -2.41. The lowest BCUT2D eigenvalue weighted by atomic mass is 10.0. The number of thioether (sulfide) groups is 1. The van der Waals surface area contributed by atoms with E-state index < -0.39 is 5.92 Å². The van der Waals surface area contributed by atoms with Crippen LogP contribution in [0.4, 0.5) is 28.4 Å². The number of nitrogens with one attached hydrogen (secondary N) is 2. The van der Waals surface area contributed by atoms with Gasteiger partial charge in [0.15, 0.2) is 11.5 Å². The van der Waals surface area contributed by atoms with Crippen LogP contribution in [0.25, 0.3) is 0 Å². The quantitative estimate of drug-likeness (QED) is 0.0466. The molecule has 1 saturated heterocycles. The minimum Gasteiger partial charge on any atom is -0.493 e. The number of benzene rings is 5. The molecule has 1 fully saturated rings. The van der Waals surface area contributed by atoms with Gasteiger partial charge in [0, 0.05) is 101 Å². The number of rotatable bonds is 23. The maximum atomic E-state index is 14.3. The van der Waals surface area contributed by atoms with Gasteiger partial charge in [-0.05, 0) is 135 Å². The number of ether oxygens (including phenoxy) is 3. The van der Waals surface area contributed by atoms with E-state index in [1.54, 1.807) is 13.2 Å². The molecular formula is C65H75N7O10S. The van der Waals surface area contributed by atoms with E-state index in [0.717, 1.165) is 57.8 Å². The molecule has 0 aliphatic carbocycles. The number of imide groups is 1. The molecule has 6 amide bonds. The summed E-state index contributed by atoms with van der Waals surface area (Å²) in [6, 6.07) is 29.2. The Bertz CT molecular complexity index is 3350. The number of aryl methyl sites for hydroxylation is 1. The SMILES string of the molecule is COc1cc2c(cc1OCc1cc(COc3cc4c(cc3C)C(=O)N3c5ccccc5C[C@H]3CN4C)cc(NC(=O)[C@H](C)CC[C@H](C)NC(=O)CCCCC(=O)CCCN3C(=O)CC(SC)C3=O)c1)N(C)C[C@@H]1Cc3ccccc3N1C2=O. The van der Waals surface area contributed by atoms with E-state index in [1.165, 1.54) is 22.2 Å². The van der Waals surface area contributed by atoms with Gasteiger partial charge in [-0.2, -0.15) is 11.8 Å². The predicted molar refractivity (Wildman–Crippen MR) is 323 cm³/mol. The van der Waals surface area contributed by atoms with Crippen LogP contribution in [0.1, 0.15) is 120 Å². The van der Waals surface area contributed by atoms with Crippen molar-refractivity contribution in [2.45, 2.75) is 128 Å². The number of ketones is 1. The summed E-state index contributed by atoms with van der Waals surface area (Å²) in [7, 11) is 5.56. The fourth-order valence-corrected chi connectivity index (χ4v) is 13.0. The van der Waals surface area contributed by atoms with E-state index in [0.29, 0.717) is 85.7 Å². The molecule has 5 aromatic rings. The van der Waals surface area contributed by atoms with Crippen LogP contribution in [0, 0.1) is 12.8 Å². The highest BCUT2D eigenvalue weighted by atomic mass is 32.2. The first-order valence-corrected chi connectivity index (χ1v) is 30.3. The average Bonchev–Trinajstić information content (AvgIpc) is 4.29. The molecule has 10 rings (SSSR count). The minimum absolute atomic E-state index is 0.00565. The van der Waals surface area contributed by atoms with Crippen molar-refractivity contribution in [3.63, 3.8) is 0 Å². The molecule has 0 bridgehead atoms. The number of hydrogen-bond donors (Lipinski definition) is 2. The van der Waals surface area contributed by atoms with E-state index in [1.807, 2.05) is 124 Å². The van der Waals surface area contributed by atoms with Crippen molar-refractivity contribution >= 4 is 81.4 Å². The highest BCUT2D eigenvalue weighted by Crippen LogP contribution is 2.43. The van der Waals surface area contributed by atoms with Gasteiger partial charge in [-0.3, -0.25) is 38.5 Å². The molecule has 17 nitrogen and oxygen atoms in total. The lowest BCUT2D eigenvalue weighted by molar-refractivity contribution is -0.138. The summed E-state index contributed by atoms with van der Waals surface area (Å²) < 4.78 is 19.1. The lowest BCUT2D eigenvalue weighted by Gasteiger charge is -2.25. The van der Waals surface area contributed by atoms with Crippen LogP contribution < -0.4 is 44.4 Å². The molecule has 0 spiro atoms. The summed E-state index contributed by atoms with van der Waals surface area (Å²) >= 11 is 1.37. The Kier molecular flexibility index (Phi) is 17.8. The largest absolute Gasteiger partial charge is 0.493 e. The highest BCUT2D eigenvalue weighted by Gasteiger charge is 2.41. The fraction of sp³-hybridized carbons (Fsp3) is 0.431. The fourth-order valence-electron chi connectivity index (χ4n) is 12.4. The molecule has 1 unspecified atom stereocenters. The third-order valence-electron chi connectivity index (χ3n) is 16.8. The minimum atomic E-state index is -0.409. The number of carbonyl (C=O) groups is 7. The van der Waals surface area contributed by atoms with Gasteiger partial charge in [0.1, 0.15) is 24.7 Å². The Hall–Kier alpha value is -7.86. The van der Waals surface area contributed by atoms with Crippen molar-refractivity contribution in [2.75, 3.05) is 72.0 Å². The Balaban J connectivity index is 0.788. The Morgan fingerprint density at radius 1 is 0.663 bits per heavy atom. The number of hydrogen-bond acceptors (Lipinski definition) is 13. The number of fused-ring (bicyclic) bond motifs is 8. The Morgan fingerprint density at radius 2 is 1.23 bits per heavy atom. The van der Waals surface area contributed by atoms with Crippen LogP contribution in [0.3, 0.4) is 0 Å². The van der Waals surface area contributed by atoms with E-state index >= 15 is 0 Å². The summed E-state index contributed by atoms with van der Waals surface area (Å²) in [5.74, 6) is 0.344. The third-order valence-corrected chi connectivity index (χ3v) is 17.8. The molecule has 83 heavy (non-hydrogen) atoms. The molecule has 0 radical (unpaired) electrons. The first-order valence-electron chi connectivity index (χ1n) is 29.0. The van der Waals surface area contributed by atoms with Crippen molar-refractivity contribution in [3.05, 3.63) is 130 Å². The number of likely N-dealkylation sites (N-methyl/N-ethyl adjacent to an activating group) is 2. The molecule has 5 aromatic carbocycles. The van der Waals surface area contributed by atoms with E-state index in [4.69, 9.17) is 14.2 Å². The molecule has 5 aliphatic rings. The molecule has 436 valence electrons. The topological polar surface area (TPSA) is 187 Å². The standard InChI is InChI=1S/C65H75N7O10S/c1-39(22-23-41(3)66-60(74)21-13-10-17-49(73)18-14-24-70-61(75)34-59(83-7)65(70)79)62(76)67-46-27-42(37-81-56-32-54-50(25-40(56)2)63(77)71-47(35-68(54)4)29-44-15-8-11-19-52(44)71)26-43(28-46)38-82-58-33-55-51(31-57(58)80-6)64(78)72-48(36-69(55)5)30-45-16-9-12-20-53(45)72/h8-9,11-12,15-16,19-20,25-28,31-33,39,41,47-48,59H,10,13-14,17-18,21-24,29-30,34-38H2,1-7H3,(H,66,74)(H,67,76)/t39-,41+,47+,48+,59?/m1/s1. The van der Waals surface area contributed by atoms with Gasteiger partial charge < -0.3 is 44.4 Å². The summed E-state index contributed by atoms with van der Waals surface area (Å²) in [4.78, 5) is 102. The maximum absolute atomic E-state index is 14.3. The van der Waals surface area contributed by atoms with E-state index in [-0.39, 0.29) is 104 Å². The number of Topliss-reactive ketones (excluding diaryl/α,β-unsaturated/α-hetero) is 1. The number of nitrogens with zero attached hydrogens (tertiary/aromatic N) is 5. The van der Waals surface area contributed by atoms with Gasteiger partial charge in [-0.1, -0.05) is 43.3 Å². The molecule has 5 heterocycles. The van der Waals surface area contributed by atoms with Crippen LogP contribution in [0.5, 0.6) is 17.2 Å². The molecule has 5 aliphatic heterocycles. The van der Waals surface area contributed by atoms with Crippen molar-refractivity contribution in [2.24, 2.45) is 5.92 Å². The van der Waals surface area contributed by atoms with Gasteiger partial charge >= 0.3 is 0 Å². The predicted octanol–water partition coefficient (Wildman–Crippen LogP) is 9.46. The van der Waals surface area contributed by atoms with E-state index in [2.05, 4.69) is 32.6 Å². The van der Waals surface area contributed by atoms with Gasteiger partial charge in [0.2, 0.25) is 23.6 Å². The molecule has 2 N–H and O–H groups in total. The average molecular weight is 1150 g/mol. The Labute approximate surface area is 490 Å². The zero-order valence-electron chi connectivity index (χ0n) is 48.6. The number of carbonyl (C=O) groups excluding carboxylic acids is 7. The molecule has 18 heteroatoms. The Morgan fingerprint density at radius 3 is 1.83 bits per heavy atom. The van der Waals surface area contributed by atoms with Gasteiger partial charge in [-0.15, -0.1) is 0 Å². The molecular weight excluding hydrogens is 1070 g/mol. The van der Waals surface area contributed by atoms with Gasteiger partial charge in [0.25, 0.3) is 11.8 Å². The normalized spacial score (nSPS) is 18.5.